The molecule has 0 unspecified atom stereocenters. The van der Waals surface area contributed by atoms with Crippen molar-refractivity contribution in [2.75, 3.05) is 59.2 Å². The first-order chi connectivity index (χ1) is 30.9. The molecule has 0 bridgehead atoms. The molecule has 0 fully saturated rings. The molecule has 20 nitrogen and oxygen atoms in total. The zero-order valence-corrected chi connectivity index (χ0v) is 36.1. The Morgan fingerprint density at radius 1 is 0.359 bits per heavy atom. The van der Waals surface area contributed by atoms with Gasteiger partial charge in [0.25, 0.3) is 0 Å². The molecule has 0 spiro atoms. The third-order valence-electron chi connectivity index (χ3n) is 9.59. The van der Waals surface area contributed by atoms with Gasteiger partial charge in [-0.15, -0.1) is 0 Å². The van der Waals surface area contributed by atoms with E-state index in [0.29, 0.717) is 121 Å². The number of aromatic nitrogens is 1. The van der Waals surface area contributed by atoms with Crippen molar-refractivity contribution in [2.24, 2.45) is 82.3 Å². The molecule has 1 heterocycles. The van der Waals surface area contributed by atoms with Gasteiger partial charge in [0.05, 0.1) is 26.4 Å². The molecule has 20 N–H and O–H groups in total. The van der Waals surface area contributed by atoms with E-state index in [-0.39, 0.29) is 29.8 Å². The van der Waals surface area contributed by atoms with Crippen molar-refractivity contribution in [1.82, 2.24) is 4.57 Å². The molecule has 0 aliphatic heterocycles. The summed E-state index contributed by atoms with van der Waals surface area (Å²) in [5, 5.41) is 2.16. The molecule has 0 amide bonds. The number of fused-ring (bicyclic) bond motifs is 3. The van der Waals surface area contributed by atoms with Crippen LogP contribution in [-0.2, 0) is 6.54 Å². The number of hydrogen-bond acceptors (Lipinski definition) is 9. The highest BCUT2D eigenvalue weighted by Gasteiger charge is 2.16. The van der Waals surface area contributed by atoms with Crippen LogP contribution in [0.15, 0.2) is 97.8 Å². The van der Waals surface area contributed by atoms with E-state index in [4.69, 9.17) is 76.3 Å². The molecule has 20 heteroatoms. The SMILES string of the molecule is NC(N)=NCCCOc1cc(OCCCN=C(N)N)cc(-c2ccc3c4ccc(-c5cc(OCCCN=C(N)N)cc(OCCCN=C(N)N)c5)cc4n(CCCN=C(N)N)c3c2)c1. The lowest BCUT2D eigenvalue weighted by Crippen LogP contribution is -2.23. The van der Waals surface area contributed by atoms with Gasteiger partial charge in [0.15, 0.2) is 29.8 Å². The second kappa shape index (κ2) is 24.0. The van der Waals surface area contributed by atoms with Crippen LogP contribution in [0.1, 0.15) is 32.1 Å². The Morgan fingerprint density at radius 2 is 0.656 bits per heavy atom. The average molecular weight is 879 g/mol. The highest BCUT2D eigenvalue weighted by Crippen LogP contribution is 2.38. The van der Waals surface area contributed by atoms with Crippen LogP contribution >= 0.6 is 0 Å². The summed E-state index contributed by atoms with van der Waals surface area (Å²) in [4.78, 5) is 20.5. The van der Waals surface area contributed by atoms with Gasteiger partial charge in [0.1, 0.15) is 23.0 Å². The van der Waals surface area contributed by atoms with E-state index in [2.05, 4.69) is 65.9 Å². The number of nitrogens with two attached hydrogens (primary N) is 10. The fourth-order valence-electron chi connectivity index (χ4n) is 6.79. The largest absolute Gasteiger partial charge is 0.493 e. The Balaban J connectivity index is 1.54. The Kier molecular flexibility index (Phi) is 17.7. The Morgan fingerprint density at radius 3 is 0.953 bits per heavy atom. The summed E-state index contributed by atoms with van der Waals surface area (Å²) in [6.45, 7) is 4.47. The first kappa shape index (κ1) is 47.3. The summed E-state index contributed by atoms with van der Waals surface area (Å²) < 4.78 is 27.0. The molecule has 5 aromatic rings. The zero-order chi connectivity index (χ0) is 45.8. The van der Waals surface area contributed by atoms with Crippen LogP contribution < -0.4 is 76.3 Å². The number of aryl methyl sites for hydroxylation is 1. The number of guanidine groups is 5. The van der Waals surface area contributed by atoms with Crippen LogP contribution in [0.5, 0.6) is 23.0 Å². The van der Waals surface area contributed by atoms with Crippen molar-refractivity contribution >= 4 is 51.6 Å². The molecule has 5 rings (SSSR count). The minimum atomic E-state index is 0.0400. The number of benzene rings is 4. The summed E-state index contributed by atoms with van der Waals surface area (Å²) in [6, 6.07) is 24.6. The van der Waals surface area contributed by atoms with E-state index >= 15 is 0 Å². The maximum Gasteiger partial charge on any atom is 0.185 e. The lowest BCUT2D eigenvalue weighted by molar-refractivity contribution is 0.298. The van der Waals surface area contributed by atoms with Crippen LogP contribution in [-0.4, -0.2) is 93.5 Å². The van der Waals surface area contributed by atoms with E-state index in [1.807, 2.05) is 36.4 Å². The second-order valence-electron chi connectivity index (χ2n) is 14.7. The fourth-order valence-corrected chi connectivity index (χ4v) is 6.79. The quantitative estimate of drug-likeness (QED) is 0.0216. The number of rotatable bonds is 26. The van der Waals surface area contributed by atoms with Gasteiger partial charge in [0, 0.05) is 98.9 Å². The maximum atomic E-state index is 6.18. The number of aliphatic imine (C=N–C) groups is 5. The standard InChI is InChI=1S/C44H62N16O4/c45-40(46)55-10-1-15-60-38-24-28(30-20-32(61-16-2-11-56-41(47)48)26-33(21-30)62-17-3-12-57-42(49)50)6-8-36(38)37-9-7-29(25-39(37)60)31-22-34(63-18-4-13-58-43(51)52)27-35(23-31)64-19-5-14-59-44(53)54/h6-9,20-27H,1-5,10-19H2,(H4,45,46,55)(H4,47,48,56)(H4,49,50,57)(H4,51,52,58)(H4,53,54,59). The molecule has 0 saturated heterocycles. The summed E-state index contributed by atoms with van der Waals surface area (Å²) in [6.07, 6.45) is 3.18. The molecule has 64 heavy (non-hydrogen) atoms. The molecule has 0 atom stereocenters. The molecular weight excluding hydrogens is 817 g/mol. The Labute approximate surface area is 372 Å². The first-order valence-electron chi connectivity index (χ1n) is 21.0. The van der Waals surface area contributed by atoms with E-state index < -0.39 is 0 Å². The molecule has 0 radical (unpaired) electrons. The summed E-state index contributed by atoms with van der Waals surface area (Å²) in [5.74, 6) is 2.77. The van der Waals surface area contributed by atoms with Crippen molar-refractivity contribution < 1.29 is 18.9 Å². The van der Waals surface area contributed by atoms with Gasteiger partial charge < -0.3 is 80.9 Å². The van der Waals surface area contributed by atoms with Crippen LogP contribution in [0.3, 0.4) is 0 Å². The minimum Gasteiger partial charge on any atom is -0.493 e. The zero-order valence-electron chi connectivity index (χ0n) is 36.1. The monoisotopic (exact) mass is 879 g/mol. The summed E-state index contributed by atoms with van der Waals surface area (Å²) in [7, 11) is 0. The minimum absolute atomic E-state index is 0.0400. The molecule has 0 aliphatic rings. The van der Waals surface area contributed by atoms with E-state index in [0.717, 1.165) is 44.1 Å². The smallest absolute Gasteiger partial charge is 0.185 e. The molecule has 0 saturated carbocycles. The van der Waals surface area contributed by atoms with Crippen LogP contribution in [0.4, 0.5) is 0 Å². The topological polar surface area (TPSA) is 364 Å². The van der Waals surface area contributed by atoms with Crippen LogP contribution in [0.25, 0.3) is 44.1 Å². The maximum absolute atomic E-state index is 6.18. The van der Waals surface area contributed by atoms with Gasteiger partial charge in [-0.3, -0.25) is 25.0 Å². The van der Waals surface area contributed by atoms with Gasteiger partial charge in [-0.2, -0.15) is 0 Å². The van der Waals surface area contributed by atoms with Gasteiger partial charge in [-0.25, -0.2) is 0 Å². The van der Waals surface area contributed by atoms with Gasteiger partial charge in [-0.1, -0.05) is 24.3 Å². The molecular formula is C44H62N16O4. The number of nitrogens with zero attached hydrogens (tertiary/aromatic N) is 6. The lowest BCUT2D eigenvalue weighted by Gasteiger charge is -2.14. The Bertz CT molecular complexity index is 2210. The summed E-state index contributed by atoms with van der Waals surface area (Å²) in [5.41, 5.74) is 61.2. The van der Waals surface area contributed by atoms with Crippen LogP contribution in [0, 0.1) is 0 Å². The van der Waals surface area contributed by atoms with Crippen molar-refractivity contribution in [3.63, 3.8) is 0 Å². The third kappa shape index (κ3) is 15.0. The molecule has 1 aromatic heterocycles. The van der Waals surface area contributed by atoms with Crippen molar-refractivity contribution in [3.05, 3.63) is 72.8 Å². The van der Waals surface area contributed by atoms with E-state index in [9.17, 15) is 0 Å². The van der Waals surface area contributed by atoms with E-state index in [1.165, 1.54) is 0 Å². The van der Waals surface area contributed by atoms with Gasteiger partial charge >= 0.3 is 0 Å². The second-order valence-corrected chi connectivity index (χ2v) is 14.7. The predicted molar refractivity (Wildman–Crippen MR) is 259 cm³/mol. The van der Waals surface area contributed by atoms with Gasteiger partial charge in [0.2, 0.25) is 0 Å². The van der Waals surface area contributed by atoms with Crippen molar-refractivity contribution in [3.8, 4) is 45.3 Å². The molecule has 0 aliphatic carbocycles. The van der Waals surface area contributed by atoms with Crippen LogP contribution in [0.2, 0.25) is 0 Å². The van der Waals surface area contributed by atoms with Crippen molar-refractivity contribution in [1.29, 1.82) is 0 Å². The number of hydrogen-bond donors (Lipinski definition) is 10. The lowest BCUT2D eigenvalue weighted by atomic mass is 10.0. The van der Waals surface area contributed by atoms with E-state index in [1.54, 1.807) is 0 Å². The highest BCUT2D eigenvalue weighted by molar-refractivity contribution is 6.10. The molecule has 342 valence electrons. The summed E-state index contributed by atoms with van der Waals surface area (Å²) >= 11 is 0. The third-order valence-corrected chi connectivity index (χ3v) is 9.59. The van der Waals surface area contributed by atoms with Crippen molar-refractivity contribution in [2.45, 2.75) is 38.6 Å². The number of ether oxygens (including phenoxy) is 4. The predicted octanol–water partition coefficient (Wildman–Crippen LogP) is 1.96. The first-order valence-corrected chi connectivity index (χ1v) is 21.0. The average Bonchev–Trinajstić information content (AvgIpc) is 3.56. The normalized spacial score (nSPS) is 10.8. The molecule has 4 aromatic carbocycles. The van der Waals surface area contributed by atoms with Gasteiger partial charge in [-0.05, 0) is 65.1 Å². The fraction of sp³-hybridized carbons (Fsp3) is 0.341. The highest BCUT2D eigenvalue weighted by atomic mass is 16.5. The Hall–Kier alpha value is -7.77.